The van der Waals surface area contributed by atoms with Crippen molar-refractivity contribution in [3.8, 4) is 0 Å². The first-order chi connectivity index (χ1) is 10.3. The van der Waals surface area contributed by atoms with Gasteiger partial charge in [0.1, 0.15) is 0 Å². The van der Waals surface area contributed by atoms with E-state index in [0.717, 1.165) is 51.3 Å². The molecule has 0 aliphatic carbocycles. The molecule has 0 saturated carbocycles. The highest BCUT2D eigenvalue weighted by Crippen LogP contribution is 2.28. The summed E-state index contributed by atoms with van der Waals surface area (Å²) in [7, 11) is 0. The van der Waals surface area contributed by atoms with Crippen LogP contribution in [0.15, 0.2) is 18.2 Å². The van der Waals surface area contributed by atoms with Crippen molar-refractivity contribution in [1.29, 1.82) is 0 Å². The van der Waals surface area contributed by atoms with Crippen molar-refractivity contribution in [2.45, 2.75) is 19.8 Å². The Kier molecular flexibility index (Phi) is 4.56. The van der Waals surface area contributed by atoms with Gasteiger partial charge in [-0.2, -0.15) is 0 Å². The minimum atomic E-state index is 0.251. The second-order valence-electron chi connectivity index (χ2n) is 5.98. The third kappa shape index (κ3) is 3.27. The third-order valence-electron chi connectivity index (χ3n) is 4.58. The first-order valence-electron chi connectivity index (χ1n) is 8.12. The molecular weight excluding hydrogens is 262 g/mol. The number of rotatable bonds is 4. The lowest BCUT2D eigenvalue weighted by atomic mass is 9.98. The van der Waals surface area contributed by atoms with Crippen molar-refractivity contribution in [2.75, 3.05) is 50.7 Å². The Morgan fingerprint density at radius 3 is 2.81 bits per heavy atom. The van der Waals surface area contributed by atoms with Crippen molar-refractivity contribution in [1.82, 2.24) is 10.2 Å². The molecule has 4 heteroatoms. The maximum atomic E-state index is 12.5. The number of aryl methyl sites for hydroxylation is 1. The van der Waals surface area contributed by atoms with Gasteiger partial charge in [0.25, 0.3) is 0 Å². The van der Waals surface area contributed by atoms with Gasteiger partial charge in [-0.25, -0.2) is 0 Å². The van der Waals surface area contributed by atoms with Crippen LogP contribution < -0.4 is 10.2 Å². The second kappa shape index (κ2) is 6.58. The molecule has 1 aromatic rings. The van der Waals surface area contributed by atoms with Crippen molar-refractivity contribution in [3.63, 3.8) is 0 Å². The lowest BCUT2D eigenvalue weighted by Gasteiger charge is -2.31. The maximum Gasteiger partial charge on any atom is 0.176 e. The molecule has 2 aliphatic rings. The Morgan fingerprint density at radius 2 is 2.05 bits per heavy atom. The Hall–Kier alpha value is -1.39. The second-order valence-corrected chi connectivity index (χ2v) is 5.98. The van der Waals surface area contributed by atoms with Crippen LogP contribution in [-0.4, -0.2) is 56.5 Å². The number of benzene rings is 1. The van der Waals surface area contributed by atoms with E-state index in [4.69, 9.17) is 0 Å². The number of piperazine rings is 1. The molecule has 1 aromatic carbocycles. The van der Waals surface area contributed by atoms with Gasteiger partial charge in [-0.3, -0.25) is 9.69 Å². The SMILES string of the molecule is CCN1CCCc2ccc(C(=O)CN3CCNCC3)cc21. The van der Waals surface area contributed by atoms with Crippen molar-refractivity contribution >= 4 is 11.5 Å². The van der Waals surface area contributed by atoms with Crippen molar-refractivity contribution in [2.24, 2.45) is 0 Å². The Morgan fingerprint density at radius 1 is 1.24 bits per heavy atom. The van der Waals surface area contributed by atoms with Crippen LogP contribution in [0, 0.1) is 0 Å². The number of anilines is 1. The quantitative estimate of drug-likeness (QED) is 0.852. The standard InChI is InChI=1S/C17H25N3O/c1-2-20-9-3-4-14-5-6-15(12-16(14)20)17(21)13-19-10-7-18-8-11-19/h5-6,12,18H,2-4,7-11,13H2,1H3. The van der Waals surface area contributed by atoms with Gasteiger partial charge in [0.15, 0.2) is 5.78 Å². The summed E-state index contributed by atoms with van der Waals surface area (Å²) in [6.07, 6.45) is 2.35. The average molecular weight is 287 g/mol. The summed E-state index contributed by atoms with van der Waals surface area (Å²) in [5.74, 6) is 0.251. The number of carbonyl (C=O) groups is 1. The van der Waals surface area contributed by atoms with E-state index in [1.165, 1.54) is 17.7 Å². The minimum absolute atomic E-state index is 0.251. The summed E-state index contributed by atoms with van der Waals surface area (Å²) in [4.78, 5) is 17.1. The molecule has 0 atom stereocenters. The smallest absolute Gasteiger partial charge is 0.176 e. The third-order valence-corrected chi connectivity index (χ3v) is 4.58. The van der Waals surface area contributed by atoms with Gasteiger partial charge in [-0.1, -0.05) is 12.1 Å². The fraction of sp³-hybridized carbons (Fsp3) is 0.588. The Labute approximate surface area is 127 Å². The summed E-state index contributed by atoms with van der Waals surface area (Å²) in [6.45, 7) is 8.77. The summed E-state index contributed by atoms with van der Waals surface area (Å²) >= 11 is 0. The number of hydrogen-bond donors (Lipinski definition) is 1. The fourth-order valence-electron chi connectivity index (χ4n) is 3.32. The molecule has 4 nitrogen and oxygen atoms in total. The molecular formula is C17H25N3O. The van der Waals surface area contributed by atoms with Crippen LogP contribution in [-0.2, 0) is 6.42 Å². The van der Waals surface area contributed by atoms with Crippen LogP contribution in [0.2, 0.25) is 0 Å². The Bertz CT molecular complexity index is 509. The van der Waals surface area contributed by atoms with Crippen LogP contribution in [0.5, 0.6) is 0 Å². The van der Waals surface area contributed by atoms with Crippen LogP contribution >= 0.6 is 0 Å². The van der Waals surface area contributed by atoms with Gasteiger partial charge in [-0.05, 0) is 31.4 Å². The van der Waals surface area contributed by atoms with E-state index in [1.54, 1.807) is 0 Å². The van der Waals surface area contributed by atoms with Gasteiger partial charge >= 0.3 is 0 Å². The molecule has 21 heavy (non-hydrogen) atoms. The highest BCUT2D eigenvalue weighted by Gasteiger charge is 2.19. The summed E-state index contributed by atoms with van der Waals surface area (Å²) < 4.78 is 0. The fourth-order valence-corrected chi connectivity index (χ4v) is 3.32. The number of nitrogens with zero attached hydrogens (tertiary/aromatic N) is 2. The normalized spacial score (nSPS) is 19.4. The number of carbonyl (C=O) groups excluding carboxylic acids is 1. The summed E-state index contributed by atoms with van der Waals surface area (Å²) in [5.41, 5.74) is 3.53. The van der Waals surface area contributed by atoms with Gasteiger partial charge in [0.2, 0.25) is 0 Å². The molecule has 0 amide bonds. The molecule has 1 saturated heterocycles. The van der Waals surface area contributed by atoms with E-state index in [-0.39, 0.29) is 5.78 Å². The highest BCUT2D eigenvalue weighted by atomic mass is 16.1. The van der Waals surface area contributed by atoms with Crippen LogP contribution in [0.3, 0.4) is 0 Å². The molecule has 0 bridgehead atoms. The van der Waals surface area contributed by atoms with Gasteiger partial charge in [0.05, 0.1) is 6.54 Å². The van der Waals surface area contributed by atoms with E-state index in [1.807, 2.05) is 6.07 Å². The van der Waals surface area contributed by atoms with Crippen molar-refractivity contribution in [3.05, 3.63) is 29.3 Å². The predicted octanol–water partition coefficient (Wildman–Crippen LogP) is 1.55. The monoisotopic (exact) mass is 287 g/mol. The predicted molar refractivity (Wildman–Crippen MR) is 86.3 cm³/mol. The summed E-state index contributed by atoms with van der Waals surface area (Å²) in [5, 5.41) is 3.32. The van der Waals surface area contributed by atoms with E-state index in [0.29, 0.717) is 6.54 Å². The number of nitrogens with one attached hydrogen (secondary N) is 1. The Balaban J connectivity index is 1.74. The number of ketones is 1. The van der Waals surface area contributed by atoms with E-state index in [2.05, 4.69) is 34.2 Å². The highest BCUT2D eigenvalue weighted by molar-refractivity contribution is 5.98. The van der Waals surface area contributed by atoms with E-state index < -0.39 is 0 Å². The van der Waals surface area contributed by atoms with Gasteiger partial charge in [-0.15, -0.1) is 0 Å². The zero-order valence-corrected chi connectivity index (χ0v) is 12.9. The molecule has 3 rings (SSSR count). The van der Waals surface area contributed by atoms with E-state index >= 15 is 0 Å². The first-order valence-corrected chi connectivity index (χ1v) is 8.12. The van der Waals surface area contributed by atoms with Gasteiger partial charge < -0.3 is 10.2 Å². The molecule has 0 radical (unpaired) electrons. The molecule has 2 heterocycles. The molecule has 0 aromatic heterocycles. The lowest BCUT2D eigenvalue weighted by molar-refractivity contribution is 0.0921. The molecule has 114 valence electrons. The zero-order chi connectivity index (χ0) is 14.7. The molecule has 1 N–H and O–H groups in total. The van der Waals surface area contributed by atoms with Crippen LogP contribution in [0.1, 0.15) is 29.3 Å². The minimum Gasteiger partial charge on any atom is -0.372 e. The largest absolute Gasteiger partial charge is 0.372 e. The lowest BCUT2D eigenvalue weighted by Crippen LogP contribution is -2.45. The topological polar surface area (TPSA) is 35.6 Å². The number of Topliss-reactive ketones (excluding diaryl/α,β-unsaturated/α-hetero) is 1. The molecule has 0 unspecified atom stereocenters. The number of fused-ring (bicyclic) bond motifs is 1. The number of hydrogen-bond acceptors (Lipinski definition) is 4. The van der Waals surface area contributed by atoms with Crippen LogP contribution in [0.4, 0.5) is 5.69 Å². The van der Waals surface area contributed by atoms with Crippen LogP contribution in [0.25, 0.3) is 0 Å². The first kappa shape index (κ1) is 14.5. The maximum absolute atomic E-state index is 12.5. The van der Waals surface area contributed by atoms with E-state index in [9.17, 15) is 4.79 Å². The zero-order valence-electron chi connectivity index (χ0n) is 12.9. The summed E-state index contributed by atoms with van der Waals surface area (Å²) in [6, 6.07) is 6.28. The molecule has 1 fully saturated rings. The van der Waals surface area contributed by atoms with Crippen molar-refractivity contribution < 1.29 is 4.79 Å². The average Bonchev–Trinajstić information content (AvgIpc) is 2.54. The molecule has 2 aliphatic heterocycles. The van der Waals surface area contributed by atoms with Gasteiger partial charge in [0, 0.05) is 50.5 Å². The molecule has 0 spiro atoms.